The fraction of sp³-hybridized carbons (Fsp3) is 0.263. The van der Waals surface area contributed by atoms with Crippen molar-refractivity contribution in [2.45, 2.75) is 25.6 Å². The Kier molecular flexibility index (Phi) is 4.16. The number of benzene rings is 2. The van der Waals surface area contributed by atoms with Crippen LogP contribution >= 0.6 is 0 Å². The van der Waals surface area contributed by atoms with Crippen LogP contribution in [0.25, 0.3) is 16.6 Å². The topological polar surface area (TPSA) is 64.3 Å². The van der Waals surface area contributed by atoms with Gasteiger partial charge in [0.05, 0.1) is 16.9 Å². The number of ether oxygens (including phenoxy) is 1. The highest BCUT2D eigenvalue weighted by Crippen LogP contribution is 2.42. The van der Waals surface area contributed by atoms with E-state index in [0.29, 0.717) is 27.8 Å². The quantitative estimate of drug-likeness (QED) is 0.679. The Morgan fingerprint density at radius 1 is 1.23 bits per heavy atom. The van der Waals surface area contributed by atoms with Crippen LogP contribution in [0, 0.1) is 5.92 Å². The van der Waals surface area contributed by atoms with Gasteiger partial charge < -0.3 is 9.84 Å². The lowest BCUT2D eigenvalue weighted by molar-refractivity contribution is -0.0498. The zero-order chi connectivity index (χ0) is 18.3. The number of carbonyl (C=O) groups excluding carboxylic acids is 1. The van der Waals surface area contributed by atoms with Crippen LogP contribution in [-0.2, 0) is 0 Å². The van der Waals surface area contributed by atoms with Gasteiger partial charge >= 0.3 is 6.61 Å². The number of aliphatic hydroxyl groups excluding tert-OH is 1. The maximum absolute atomic E-state index is 12.5. The zero-order valence-corrected chi connectivity index (χ0v) is 13.7. The molecule has 1 unspecified atom stereocenters. The number of alkyl halides is 2. The fourth-order valence-electron chi connectivity index (χ4n) is 3.07. The summed E-state index contributed by atoms with van der Waals surface area (Å²) in [5.41, 5.74) is 2.18. The Labute approximate surface area is 147 Å². The number of aldehydes is 1. The molecule has 0 saturated heterocycles. The van der Waals surface area contributed by atoms with Gasteiger partial charge in [-0.3, -0.25) is 4.79 Å². The van der Waals surface area contributed by atoms with Gasteiger partial charge in [0.1, 0.15) is 18.1 Å². The van der Waals surface area contributed by atoms with E-state index in [9.17, 15) is 18.7 Å². The van der Waals surface area contributed by atoms with Crippen LogP contribution in [-0.4, -0.2) is 27.8 Å². The molecule has 26 heavy (non-hydrogen) atoms. The number of carbonyl (C=O) groups is 1. The molecule has 0 amide bonds. The van der Waals surface area contributed by atoms with E-state index >= 15 is 0 Å². The molecule has 1 heterocycles. The third-order valence-electron chi connectivity index (χ3n) is 4.50. The SMILES string of the molecule is O=Cc1ccc2c(c1)c(C(O)C1CC1)nn2-c1cccc(OC(F)F)c1. The van der Waals surface area contributed by atoms with Crippen LogP contribution in [0.2, 0.25) is 0 Å². The van der Waals surface area contributed by atoms with Crippen LogP contribution in [0.15, 0.2) is 42.5 Å². The third kappa shape index (κ3) is 3.06. The normalized spacial score (nSPS) is 15.4. The first-order valence-corrected chi connectivity index (χ1v) is 8.28. The first-order valence-electron chi connectivity index (χ1n) is 8.28. The second-order valence-electron chi connectivity index (χ2n) is 6.35. The van der Waals surface area contributed by atoms with Gasteiger partial charge in [-0.05, 0) is 49.1 Å². The van der Waals surface area contributed by atoms with Crippen molar-refractivity contribution < 1.29 is 23.4 Å². The van der Waals surface area contributed by atoms with E-state index in [1.807, 2.05) is 0 Å². The lowest BCUT2D eigenvalue weighted by atomic mass is 10.1. The van der Waals surface area contributed by atoms with Crippen LogP contribution in [0.5, 0.6) is 5.75 Å². The molecule has 1 atom stereocenters. The monoisotopic (exact) mass is 358 g/mol. The lowest BCUT2D eigenvalue weighted by Crippen LogP contribution is -2.04. The molecule has 0 radical (unpaired) electrons. The maximum Gasteiger partial charge on any atom is 0.387 e. The minimum absolute atomic E-state index is 0.0231. The Hall–Kier alpha value is -2.80. The predicted molar refractivity (Wildman–Crippen MR) is 90.8 cm³/mol. The highest BCUT2D eigenvalue weighted by Gasteiger charge is 2.34. The van der Waals surface area contributed by atoms with E-state index in [-0.39, 0.29) is 11.7 Å². The van der Waals surface area contributed by atoms with E-state index in [4.69, 9.17) is 0 Å². The van der Waals surface area contributed by atoms with E-state index in [0.717, 1.165) is 19.1 Å². The van der Waals surface area contributed by atoms with Crippen LogP contribution in [0.3, 0.4) is 0 Å². The molecule has 134 valence electrons. The third-order valence-corrected chi connectivity index (χ3v) is 4.50. The highest BCUT2D eigenvalue weighted by atomic mass is 19.3. The molecule has 4 rings (SSSR count). The van der Waals surface area contributed by atoms with E-state index in [1.54, 1.807) is 35.0 Å². The van der Waals surface area contributed by atoms with Gasteiger partial charge in [-0.2, -0.15) is 13.9 Å². The van der Waals surface area contributed by atoms with Crippen LogP contribution in [0.1, 0.15) is 35.0 Å². The molecule has 1 aliphatic rings. The van der Waals surface area contributed by atoms with Crippen molar-refractivity contribution in [1.29, 1.82) is 0 Å². The molecule has 0 bridgehead atoms. The van der Waals surface area contributed by atoms with Crippen LogP contribution < -0.4 is 4.74 Å². The highest BCUT2D eigenvalue weighted by molar-refractivity contribution is 5.90. The number of hydrogen-bond donors (Lipinski definition) is 1. The average molecular weight is 358 g/mol. The van der Waals surface area contributed by atoms with Crippen molar-refractivity contribution in [3.8, 4) is 11.4 Å². The number of hydrogen-bond acceptors (Lipinski definition) is 4. The largest absolute Gasteiger partial charge is 0.435 e. The number of halogens is 2. The molecule has 5 nitrogen and oxygen atoms in total. The Bertz CT molecular complexity index is 967. The van der Waals surface area contributed by atoms with Crippen molar-refractivity contribution in [3.05, 3.63) is 53.7 Å². The first kappa shape index (κ1) is 16.7. The van der Waals surface area contributed by atoms with E-state index < -0.39 is 12.7 Å². The summed E-state index contributed by atoms with van der Waals surface area (Å²) in [7, 11) is 0. The molecule has 1 aliphatic carbocycles. The Balaban J connectivity index is 1.86. The van der Waals surface area contributed by atoms with Crippen molar-refractivity contribution in [1.82, 2.24) is 9.78 Å². The van der Waals surface area contributed by atoms with Gasteiger partial charge in [0.25, 0.3) is 0 Å². The van der Waals surface area contributed by atoms with Crippen LogP contribution in [0.4, 0.5) is 8.78 Å². The molecule has 1 saturated carbocycles. The number of rotatable bonds is 6. The van der Waals surface area contributed by atoms with Gasteiger partial charge in [0.15, 0.2) is 0 Å². The summed E-state index contributed by atoms with van der Waals surface area (Å²) < 4.78 is 31.0. The zero-order valence-electron chi connectivity index (χ0n) is 13.7. The summed E-state index contributed by atoms with van der Waals surface area (Å²) in [5, 5.41) is 15.8. The molecule has 7 heteroatoms. The molecule has 1 N–H and O–H groups in total. The minimum Gasteiger partial charge on any atom is -0.435 e. The second kappa shape index (κ2) is 6.49. The standard InChI is InChI=1S/C19H16F2N2O3/c20-19(21)26-14-3-1-2-13(9-14)23-16-7-4-11(10-24)8-15(16)17(22-23)18(25)12-5-6-12/h1-4,7-10,12,18-19,25H,5-6H2. The van der Waals surface area contributed by atoms with Crippen molar-refractivity contribution in [3.63, 3.8) is 0 Å². The number of nitrogens with zero attached hydrogens (tertiary/aromatic N) is 2. The minimum atomic E-state index is -2.91. The number of fused-ring (bicyclic) bond motifs is 1. The summed E-state index contributed by atoms with van der Waals surface area (Å²) in [6.07, 6.45) is 1.88. The van der Waals surface area contributed by atoms with Gasteiger partial charge in [0, 0.05) is 17.0 Å². The van der Waals surface area contributed by atoms with Gasteiger partial charge in [-0.25, -0.2) is 4.68 Å². The van der Waals surface area contributed by atoms with Crippen molar-refractivity contribution in [2.75, 3.05) is 0 Å². The summed E-state index contributed by atoms with van der Waals surface area (Å²) >= 11 is 0. The van der Waals surface area contributed by atoms with Gasteiger partial charge in [-0.15, -0.1) is 0 Å². The summed E-state index contributed by atoms with van der Waals surface area (Å²) in [6.45, 7) is -2.91. The lowest BCUT2D eigenvalue weighted by Gasteiger charge is -2.08. The summed E-state index contributed by atoms with van der Waals surface area (Å²) in [6, 6.07) is 11.3. The molecule has 0 aliphatic heterocycles. The summed E-state index contributed by atoms with van der Waals surface area (Å²) in [5.74, 6) is 0.185. The van der Waals surface area contributed by atoms with E-state index in [2.05, 4.69) is 9.84 Å². The molecule has 3 aromatic rings. The van der Waals surface area contributed by atoms with Crippen molar-refractivity contribution >= 4 is 17.2 Å². The van der Waals surface area contributed by atoms with Crippen molar-refractivity contribution in [2.24, 2.45) is 5.92 Å². The van der Waals surface area contributed by atoms with E-state index in [1.165, 1.54) is 12.1 Å². The number of aliphatic hydroxyl groups is 1. The molecule has 1 fully saturated rings. The maximum atomic E-state index is 12.5. The predicted octanol–water partition coefficient (Wildman–Crippen LogP) is 3.88. The smallest absolute Gasteiger partial charge is 0.387 e. The van der Waals surface area contributed by atoms with Gasteiger partial charge in [-0.1, -0.05) is 6.07 Å². The molecule has 0 spiro atoms. The Morgan fingerprint density at radius 3 is 2.73 bits per heavy atom. The molecule has 2 aromatic carbocycles. The first-order chi connectivity index (χ1) is 12.6. The second-order valence-corrected chi connectivity index (χ2v) is 6.35. The summed E-state index contributed by atoms with van der Waals surface area (Å²) in [4.78, 5) is 11.1. The molecular formula is C19H16F2N2O3. The molecular weight excluding hydrogens is 342 g/mol. The Morgan fingerprint density at radius 2 is 2.04 bits per heavy atom. The average Bonchev–Trinajstić information content (AvgIpc) is 3.41. The van der Waals surface area contributed by atoms with Gasteiger partial charge in [0.2, 0.25) is 0 Å². The fourth-order valence-corrected chi connectivity index (χ4v) is 3.07. The number of aromatic nitrogens is 2. The molecule has 1 aromatic heterocycles.